The Bertz CT molecular complexity index is 323. The quantitative estimate of drug-likeness (QED) is 0.871. The van der Waals surface area contributed by atoms with Crippen LogP contribution >= 0.6 is 11.6 Å². The van der Waals surface area contributed by atoms with Crippen LogP contribution in [0.1, 0.15) is 12.0 Å². The molecule has 0 radical (unpaired) electrons. The van der Waals surface area contributed by atoms with Gasteiger partial charge in [0.05, 0.1) is 0 Å². The minimum absolute atomic E-state index is 0.713. The van der Waals surface area contributed by atoms with E-state index in [1.54, 1.807) is 0 Å². The zero-order valence-electron chi connectivity index (χ0n) is 9.53. The average molecular weight is 239 g/mol. The maximum atomic E-state index is 5.85. The molecule has 0 aliphatic carbocycles. The highest BCUT2D eigenvalue weighted by Gasteiger charge is 2.20. The van der Waals surface area contributed by atoms with Crippen LogP contribution in [0.5, 0.6) is 0 Å². The summed E-state index contributed by atoms with van der Waals surface area (Å²) < 4.78 is 0. The summed E-state index contributed by atoms with van der Waals surface area (Å²) in [5.41, 5.74) is 7.04. The summed E-state index contributed by atoms with van der Waals surface area (Å²) in [5.74, 6) is 0.713. The molecule has 88 valence electrons. The van der Waals surface area contributed by atoms with E-state index in [2.05, 4.69) is 17.0 Å². The van der Waals surface area contributed by atoms with E-state index in [1.807, 2.05) is 12.1 Å². The lowest BCUT2D eigenvalue weighted by atomic mass is 10.1. The molecule has 1 aliphatic heterocycles. The molecule has 0 saturated carbocycles. The third kappa shape index (κ3) is 3.21. The van der Waals surface area contributed by atoms with Gasteiger partial charge in [-0.05, 0) is 49.5 Å². The molecule has 1 unspecified atom stereocenters. The van der Waals surface area contributed by atoms with Crippen LogP contribution in [0, 0.1) is 5.92 Å². The highest BCUT2D eigenvalue weighted by atomic mass is 35.5. The largest absolute Gasteiger partial charge is 0.330 e. The van der Waals surface area contributed by atoms with Gasteiger partial charge in [0.1, 0.15) is 0 Å². The summed E-state index contributed by atoms with van der Waals surface area (Å²) >= 11 is 5.85. The van der Waals surface area contributed by atoms with Crippen molar-refractivity contribution in [3.8, 4) is 0 Å². The van der Waals surface area contributed by atoms with Crippen molar-refractivity contribution in [1.82, 2.24) is 4.90 Å². The van der Waals surface area contributed by atoms with Gasteiger partial charge < -0.3 is 10.6 Å². The van der Waals surface area contributed by atoms with Crippen LogP contribution in [0.15, 0.2) is 24.3 Å². The second-order valence-corrected chi connectivity index (χ2v) is 5.00. The topological polar surface area (TPSA) is 29.3 Å². The highest BCUT2D eigenvalue weighted by molar-refractivity contribution is 6.30. The molecule has 1 aliphatic rings. The summed E-state index contributed by atoms with van der Waals surface area (Å²) in [5, 5.41) is 0.813. The van der Waals surface area contributed by atoms with Gasteiger partial charge in [0.25, 0.3) is 0 Å². The SMILES string of the molecule is NCC1CCN(CCc2ccc(Cl)cc2)C1. The number of nitrogens with zero attached hydrogens (tertiary/aromatic N) is 1. The molecule has 0 aromatic heterocycles. The fraction of sp³-hybridized carbons (Fsp3) is 0.538. The number of rotatable bonds is 4. The van der Waals surface area contributed by atoms with Gasteiger partial charge in [-0.1, -0.05) is 23.7 Å². The van der Waals surface area contributed by atoms with E-state index >= 15 is 0 Å². The Morgan fingerprint density at radius 1 is 1.31 bits per heavy atom. The first-order valence-corrected chi connectivity index (χ1v) is 6.32. The van der Waals surface area contributed by atoms with E-state index in [9.17, 15) is 0 Å². The van der Waals surface area contributed by atoms with Gasteiger partial charge in [0.2, 0.25) is 0 Å². The minimum atomic E-state index is 0.713. The van der Waals surface area contributed by atoms with Crippen LogP contribution in [0.2, 0.25) is 5.02 Å². The lowest BCUT2D eigenvalue weighted by Crippen LogP contribution is -2.25. The van der Waals surface area contributed by atoms with Gasteiger partial charge in [-0.3, -0.25) is 0 Å². The van der Waals surface area contributed by atoms with Gasteiger partial charge in [-0.2, -0.15) is 0 Å². The Balaban J connectivity index is 1.77. The van der Waals surface area contributed by atoms with Gasteiger partial charge in [0.15, 0.2) is 0 Å². The summed E-state index contributed by atoms with van der Waals surface area (Å²) in [6, 6.07) is 8.14. The van der Waals surface area contributed by atoms with E-state index in [4.69, 9.17) is 17.3 Å². The first-order chi connectivity index (χ1) is 7.78. The Morgan fingerprint density at radius 2 is 2.06 bits per heavy atom. The molecule has 1 saturated heterocycles. The van der Waals surface area contributed by atoms with Crippen molar-refractivity contribution in [2.45, 2.75) is 12.8 Å². The number of halogens is 1. The molecule has 1 atom stereocenters. The van der Waals surface area contributed by atoms with Crippen LogP contribution < -0.4 is 5.73 Å². The summed E-state index contributed by atoms with van der Waals surface area (Å²) in [6.07, 6.45) is 2.37. The number of hydrogen-bond donors (Lipinski definition) is 1. The second kappa shape index (κ2) is 5.67. The van der Waals surface area contributed by atoms with Crippen molar-refractivity contribution in [2.75, 3.05) is 26.2 Å². The molecule has 3 heteroatoms. The molecule has 2 nitrogen and oxygen atoms in total. The first kappa shape index (κ1) is 11.9. The van der Waals surface area contributed by atoms with Gasteiger partial charge in [0, 0.05) is 18.1 Å². The van der Waals surface area contributed by atoms with Crippen LogP contribution in [0.25, 0.3) is 0 Å². The Hall–Kier alpha value is -0.570. The fourth-order valence-electron chi connectivity index (χ4n) is 2.25. The van der Waals surface area contributed by atoms with Gasteiger partial charge in [-0.25, -0.2) is 0 Å². The Labute approximate surface area is 102 Å². The van der Waals surface area contributed by atoms with Crippen LogP contribution in [-0.2, 0) is 6.42 Å². The number of likely N-dealkylation sites (tertiary alicyclic amines) is 1. The molecular weight excluding hydrogens is 220 g/mol. The third-order valence-corrected chi connectivity index (χ3v) is 3.59. The molecule has 0 bridgehead atoms. The van der Waals surface area contributed by atoms with Crippen LogP contribution in [0.4, 0.5) is 0 Å². The van der Waals surface area contributed by atoms with E-state index in [0.717, 1.165) is 24.5 Å². The van der Waals surface area contributed by atoms with Gasteiger partial charge >= 0.3 is 0 Å². The lowest BCUT2D eigenvalue weighted by Gasteiger charge is -2.15. The van der Waals surface area contributed by atoms with Crippen LogP contribution in [0.3, 0.4) is 0 Å². The van der Waals surface area contributed by atoms with E-state index in [0.29, 0.717) is 5.92 Å². The monoisotopic (exact) mass is 238 g/mol. The van der Waals surface area contributed by atoms with Crippen molar-refractivity contribution in [3.05, 3.63) is 34.9 Å². The van der Waals surface area contributed by atoms with Crippen LogP contribution in [-0.4, -0.2) is 31.1 Å². The maximum Gasteiger partial charge on any atom is 0.0406 e. The predicted molar refractivity (Wildman–Crippen MR) is 68.8 cm³/mol. The van der Waals surface area contributed by atoms with E-state index < -0.39 is 0 Å². The van der Waals surface area contributed by atoms with Crippen molar-refractivity contribution < 1.29 is 0 Å². The minimum Gasteiger partial charge on any atom is -0.330 e. The average Bonchev–Trinajstić information content (AvgIpc) is 2.76. The van der Waals surface area contributed by atoms with Gasteiger partial charge in [-0.15, -0.1) is 0 Å². The number of benzene rings is 1. The van der Waals surface area contributed by atoms with Crippen molar-refractivity contribution >= 4 is 11.6 Å². The lowest BCUT2D eigenvalue weighted by molar-refractivity contribution is 0.329. The van der Waals surface area contributed by atoms with E-state index in [-0.39, 0.29) is 0 Å². The summed E-state index contributed by atoms with van der Waals surface area (Å²) in [7, 11) is 0. The zero-order chi connectivity index (χ0) is 11.4. The molecule has 2 rings (SSSR count). The molecule has 1 aromatic carbocycles. The molecule has 1 heterocycles. The third-order valence-electron chi connectivity index (χ3n) is 3.33. The zero-order valence-corrected chi connectivity index (χ0v) is 10.3. The molecule has 16 heavy (non-hydrogen) atoms. The first-order valence-electron chi connectivity index (χ1n) is 5.95. The molecule has 2 N–H and O–H groups in total. The van der Waals surface area contributed by atoms with E-state index in [1.165, 1.54) is 25.1 Å². The highest BCUT2D eigenvalue weighted by Crippen LogP contribution is 2.16. The standard InChI is InChI=1S/C13H19ClN2/c14-13-3-1-11(2-4-13)5-7-16-8-6-12(9-15)10-16/h1-4,12H,5-10,15H2. The Kier molecular flexibility index (Phi) is 4.22. The number of hydrogen-bond acceptors (Lipinski definition) is 2. The normalized spacial score (nSPS) is 21.5. The predicted octanol–water partition coefficient (Wildman–Crippen LogP) is 2.16. The molecule has 0 spiro atoms. The summed E-state index contributed by atoms with van der Waals surface area (Å²) in [6.45, 7) is 4.34. The molecule has 1 fully saturated rings. The maximum absolute atomic E-state index is 5.85. The Morgan fingerprint density at radius 3 is 2.69 bits per heavy atom. The second-order valence-electron chi connectivity index (χ2n) is 4.57. The summed E-state index contributed by atoms with van der Waals surface area (Å²) in [4.78, 5) is 2.51. The van der Waals surface area contributed by atoms with Crippen molar-refractivity contribution in [3.63, 3.8) is 0 Å². The molecular formula is C13H19ClN2. The van der Waals surface area contributed by atoms with Crippen molar-refractivity contribution in [1.29, 1.82) is 0 Å². The fourth-order valence-corrected chi connectivity index (χ4v) is 2.37. The smallest absolute Gasteiger partial charge is 0.0406 e. The number of nitrogens with two attached hydrogens (primary N) is 1. The molecule has 1 aromatic rings. The molecule has 0 amide bonds. The van der Waals surface area contributed by atoms with Crippen molar-refractivity contribution in [2.24, 2.45) is 11.7 Å².